The first kappa shape index (κ1) is 18.8. The molecule has 6 heteroatoms. The second-order valence-electron chi connectivity index (χ2n) is 7.27. The van der Waals surface area contributed by atoms with Gasteiger partial charge in [-0.3, -0.25) is 0 Å². The van der Waals surface area contributed by atoms with Crippen LogP contribution in [0.2, 0.25) is 0 Å². The van der Waals surface area contributed by atoms with Crippen LogP contribution in [0.25, 0.3) is 0 Å². The van der Waals surface area contributed by atoms with Crippen molar-refractivity contribution < 1.29 is 0 Å². The van der Waals surface area contributed by atoms with E-state index in [1.807, 2.05) is 11.8 Å². The first-order chi connectivity index (χ1) is 12.3. The second-order valence-corrected chi connectivity index (χ2v) is 8.26. The minimum absolute atomic E-state index is 0.832. The van der Waals surface area contributed by atoms with Crippen molar-refractivity contribution in [3.05, 3.63) is 11.3 Å². The monoisotopic (exact) mass is 363 g/mol. The van der Waals surface area contributed by atoms with Crippen molar-refractivity contribution >= 4 is 23.5 Å². The van der Waals surface area contributed by atoms with E-state index in [9.17, 15) is 0 Å². The molecule has 0 spiro atoms. The normalized spacial score (nSPS) is 17.6. The van der Waals surface area contributed by atoms with Crippen LogP contribution < -0.4 is 10.2 Å². The zero-order valence-corrected chi connectivity index (χ0v) is 16.7. The minimum atomic E-state index is 0.832. The van der Waals surface area contributed by atoms with Crippen LogP contribution in [-0.4, -0.2) is 66.6 Å². The lowest BCUT2D eigenvalue weighted by molar-refractivity contribution is 0.370. The quantitative estimate of drug-likeness (QED) is 0.766. The molecule has 1 aliphatic heterocycles. The number of hydrogen-bond acceptors (Lipinski definition) is 6. The number of nitrogens with one attached hydrogen (secondary N) is 1. The summed E-state index contributed by atoms with van der Waals surface area (Å²) in [6.45, 7) is 5.37. The van der Waals surface area contributed by atoms with Crippen LogP contribution in [0.5, 0.6) is 0 Å². The number of fused-ring (bicyclic) bond motifs is 1. The molecule has 0 bridgehead atoms. The van der Waals surface area contributed by atoms with E-state index < -0.39 is 0 Å². The molecule has 1 N–H and O–H groups in total. The highest BCUT2D eigenvalue weighted by molar-refractivity contribution is 7.98. The Kier molecular flexibility index (Phi) is 7.23. The average molecular weight is 364 g/mol. The van der Waals surface area contributed by atoms with E-state index in [1.54, 1.807) is 0 Å². The van der Waals surface area contributed by atoms with Gasteiger partial charge in [0.1, 0.15) is 5.82 Å². The van der Waals surface area contributed by atoms with Crippen molar-refractivity contribution in [2.24, 2.45) is 0 Å². The van der Waals surface area contributed by atoms with Gasteiger partial charge in [0.25, 0.3) is 0 Å². The summed E-state index contributed by atoms with van der Waals surface area (Å²) in [5.41, 5.74) is 2.71. The summed E-state index contributed by atoms with van der Waals surface area (Å²) in [7, 11) is 2.18. The van der Waals surface area contributed by atoms with E-state index in [2.05, 4.69) is 28.4 Å². The van der Waals surface area contributed by atoms with Crippen LogP contribution >= 0.6 is 11.8 Å². The molecule has 3 rings (SSSR count). The molecular formula is C19H33N5S. The fourth-order valence-electron chi connectivity index (χ4n) is 3.75. The van der Waals surface area contributed by atoms with Crippen LogP contribution in [-0.2, 0) is 12.8 Å². The maximum atomic E-state index is 4.95. The lowest BCUT2D eigenvalue weighted by Crippen LogP contribution is -2.29. The number of likely N-dealkylation sites (N-methyl/N-ethyl adjacent to an activating group) is 1. The summed E-state index contributed by atoms with van der Waals surface area (Å²) in [5.74, 6) is 3.24. The first-order valence-electron chi connectivity index (χ1n) is 9.84. The molecule has 1 aliphatic carbocycles. The smallest absolute Gasteiger partial charge is 0.224 e. The van der Waals surface area contributed by atoms with Crippen molar-refractivity contribution in [3.8, 4) is 0 Å². The summed E-state index contributed by atoms with van der Waals surface area (Å²) in [6, 6.07) is 0. The molecule has 0 aromatic carbocycles. The summed E-state index contributed by atoms with van der Waals surface area (Å²) < 4.78 is 0. The van der Waals surface area contributed by atoms with Crippen LogP contribution in [0.1, 0.15) is 43.4 Å². The molecule has 25 heavy (non-hydrogen) atoms. The molecule has 1 saturated heterocycles. The fourth-order valence-corrected chi connectivity index (χ4v) is 4.25. The van der Waals surface area contributed by atoms with Gasteiger partial charge in [0.2, 0.25) is 5.95 Å². The zero-order chi connectivity index (χ0) is 17.5. The molecule has 140 valence electrons. The standard InChI is InChI=1S/C19H33N5S/c1-23(14-15-25-2)13-10-20-19-21-17-9-7-8-16(17)18(22-19)24-11-5-3-4-6-12-24/h3-15H2,1-2H3,(H,20,21,22). The SMILES string of the molecule is CSCCN(C)CCNc1nc2c(c(N3CCCCCC3)n1)CCC2. The Morgan fingerprint density at radius 1 is 1.04 bits per heavy atom. The van der Waals surface area contributed by atoms with Crippen LogP contribution in [0.3, 0.4) is 0 Å². The van der Waals surface area contributed by atoms with Crippen LogP contribution in [0.4, 0.5) is 11.8 Å². The van der Waals surface area contributed by atoms with Crippen molar-refractivity contribution in [1.82, 2.24) is 14.9 Å². The summed E-state index contributed by atoms with van der Waals surface area (Å²) in [4.78, 5) is 14.7. The molecule has 5 nitrogen and oxygen atoms in total. The van der Waals surface area contributed by atoms with E-state index in [1.165, 1.54) is 54.9 Å². The van der Waals surface area contributed by atoms with E-state index in [4.69, 9.17) is 9.97 Å². The van der Waals surface area contributed by atoms with Gasteiger partial charge in [0, 0.05) is 44.0 Å². The Hall–Kier alpha value is -1.01. The fraction of sp³-hybridized carbons (Fsp3) is 0.789. The summed E-state index contributed by atoms with van der Waals surface area (Å²) in [6.07, 6.45) is 11.0. The molecule has 0 unspecified atom stereocenters. The number of anilines is 2. The number of aromatic nitrogens is 2. The van der Waals surface area contributed by atoms with Gasteiger partial charge in [0.05, 0.1) is 5.69 Å². The van der Waals surface area contributed by atoms with Crippen LogP contribution in [0.15, 0.2) is 0 Å². The Morgan fingerprint density at radius 3 is 2.60 bits per heavy atom. The van der Waals surface area contributed by atoms with Gasteiger partial charge < -0.3 is 15.1 Å². The van der Waals surface area contributed by atoms with Crippen molar-refractivity contribution in [1.29, 1.82) is 0 Å². The molecule has 0 radical (unpaired) electrons. The molecule has 0 saturated carbocycles. The molecular weight excluding hydrogens is 330 g/mol. The van der Waals surface area contributed by atoms with Gasteiger partial charge >= 0.3 is 0 Å². The van der Waals surface area contributed by atoms with Crippen molar-refractivity contribution in [3.63, 3.8) is 0 Å². The van der Waals surface area contributed by atoms with E-state index in [0.29, 0.717) is 0 Å². The lowest BCUT2D eigenvalue weighted by atomic mass is 10.2. The topological polar surface area (TPSA) is 44.3 Å². The average Bonchev–Trinajstić information content (AvgIpc) is 2.92. The highest BCUT2D eigenvalue weighted by Crippen LogP contribution is 2.31. The van der Waals surface area contributed by atoms with Gasteiger partial charge in [-0.25, -0.2) is 4.98 Å². The zero-order valence-electron chi connectivity index (χ0n) is 15.9. The number of hydrogen-bond donors (Lipinski definition) is 1. The summed E-state index contributed by atoms with van der Waals surface area (Å²) in [5, 5.41) is 3.48. The third-order valence-electron chi connectivity index (χ3n) is 5.27. The van der Waals surface area contributed by atoms with E-state index >= 15 is 0 Å². The molecule has 0 atom stereocenters. The maximum absolute atomic E-state index is 4.95. The van der Waals surface area contributed by atoms with Gasteiger partial charge in [0.15, 0.2) is 0 Å². The van der Waals surface area contributed by atoms with Gasteiger partial charge in [-0.2, -0.15) is 16.7 Å². The van der Waals surface area contributed by atoms with Gasteiger partial charge in [-0.15, -0.1) is 0 Å². The predicted molar refractivity (Wildman–Crippen MR) is 109 cm³/mol. The predicted octanol–water partition coefficient (Wildman–Crippen LogP) is 3.05. The Bertz CT molecular complexity index is 543. The second kappa shape index (κ2) is 9.62. The summed E-state index contributed by atoms with van der Waals surface area (Å²) >= 11 is 1.90. The Morgan fingerprint density at radius 2 is 1.84 bits per heavy atom. The molecule has 0 amide bonds. The van der Waals surface area contributed by atoms with Crippen molar-refractivity contribution in [2.75, 3.05) is 62.0 Å². The number of thioether (sulfide) groups is 1. The third-order valence-corrected chi connectivity index (χ3v) is 5.86. The highest BCUT2D eigenvalue weighted by atomic mass is 32.2. The number of aryl methyl sites for hydroxylation is 1. The molecule has 1 aromatic heterocycles. The third kappa shape index (κ3) is 5.23. The Balaban J connectivity index is 1.65. The molecule has 1 aromatic rings. The largest absolute Gasteiger partial charge is 0.356 e. The van der Waals surface area contributed by atoms with E-state index in [-0.39, 0.29) is 0 Å². The maximum Gasteiger partial charge on any atom is 0.224 e. The molecule has 1 fully saturated rings. The Labute approximate surface area is 157 Å². The molecule has 2 aliphatic rings. The minimum Gasteiger partial charge on any atom is -0.356 e. The number of nitrogens with zero attached hydrogens (tertiary/aromatic N) is 4. The first-order valence-corrected chi connectivity index (χ1v) is 11.2. The lowest BCUT2D eigenvalue weighted by Gasteiger charge is -2.24. The van der Waals surface area contributed by atoms with Crippen LogP contribution in [0, 0.1) is 0 Å². The van der Waals surface area contributed by atoms with E-state index in [0.717, 1.165) is 51.5 Å². The highest BCUT2D eigenvalue weighted by Gasteiger charge is 2.23. The van der Waals surface area contributed by atoms with Crippen molar-refractivity contribution in [2.45, 2.75) is 44.9 Å². The van der Waals surface area contributed by atoms with Gasteiger partial charge in [-0.1, -0.05) is 12.8 Å². The van der Waals surface area contributed by atoms with Gasteiger partial charge in [-0.05, 0) is 45.4 Å². The molecule has 2 heterocycles. The number of rotatable bonds is 8.